The van der Waals surface area contributed by atoms with E-state index in [9.17, 15) is 8.42 Å². The van der Waals surface area contributed by atoms with Crippen LogP contribution in [0.3, 0.4) is 0 Å². The van der Waals surface area contributed by atoms with Crippen molar-refractivity contribution < 1.29 is 12.9 Å². The van der Waals surface area contributed by atoms with Gasteiger partial charge in [0.2, 0.25) is 10.0 Å². The molecule has 1 aromatic heterocycles. The molecule has 28 heavy (non-hydrogen) atoms. The Balaban J connectivity index is 0.00000392. The molecule has 0 atom stereocenters. The zero-order valence-corrected chi connectivity index (χ0v) is 20.3. The third-order valence-corrected chi connectivity index (χ3v) is 6.60. The van der Waals surface area contributed by atoms with Crippen molar-refractivity contribution in [2.45, 2.75) is 32.6 Å². The molecule has 0 bridgehead atoms. The SMILES string of the molecule is CCN(CCNC(=NC)N1CCN(S(=O)(=O)Cc2ccon2)CC1)C(C)C.I. The van der Waals surface area contributed by atoms with E-state index in [0.717, 1.165) is 25.6 Å². The Morgan fingerprint density at radius 1 is 1.36 bits per heavy atom. The first-order valence-electron chi connectivity index (χ1n) is 9.44. The summed E-state index contributed by atoms with van der Waals surface area (Å²) in [5.74, 6) is 0.696. The van der Waals surface area contributed by atoms with Crippen LogP contribution in [0.4, 0.5) is 0 Å². The van der Waals surface area contributed by atoms with E-state index in [1.165, 1.54) is 10.6 Å². The first kappa shape index (κ1) is 25.1. The minimum Gasteiger partial charge on any atom is -0.364 e. The molecule has 1 aromatic rings. The number of nitrogens with one attached hydrogen (secondary N) is 1. The second kappa shape index (κ2) is 11.9. The lowest BCUT2D eigenvalue weighted by molar-refractivity contribution is 0.233. The van der Waals surface area contributed by atoms with Crippen LogP contribution in [-0.4, -0.2) is 92.5 Å². The zero-order chi connectivity index (χ0) is 19.9. The fourth-order valence-corrected chi connectivity index (χ4v) is 4.62. The number of hydrogen-bond donors (Lipinski definition) is 1. The molecule has 0 unspecified atom stereocenters. The maximum absolute atomic E-state index is 12.5. The molecule has 1 N–H and O–H groups in total. The molecule has 1 aliphatic rings. The molecule has 0 spiro atoms. The molecular weight excluding hydrogens is 495 g/mol. The van der Waals surface area contributed by atoms with Crippen molar-refractivity contribution in [1.29, 1.82) is 0 Å². The van der Waals surface area contributed by atoms with Gasteiger partial charge in [-0.15, -0.1) is 24.0 Å². The number of hydrogen-bond acceptors (Lipinski definition) is 6. The Bertz CT molecular complexity index is 688. The van der Waals surface area contributed by atoms with E-state index >= 15 is 0 Å². The quantitative estimate of drug-likeness (QED) is 0.306. The first-order valence-corrected chi connectivity index (χ1v) is 11.0. The van der Waals surface area contributed by atoms with Gasteiger partial charge in [0, 0.05) is 58.4 Å². The van der Waals surface area contributed by atoms with Crippen molar-refractivity contribution in [3.05, 3.63) is 18.0 Å². The Hall–Kier alpha value is -0.920. The molecule has 1 saturated heterocycles. The molecule has 162 valence electrons. The van der Waals surface area contributed by atoms with Gasteiger partial charge < -0.3 is 14.7 Å². The normalized spacial score (nSPS) is 16.5. The minimum absolute atomic E-state index is 0. The monoisotopic (exact) mass is 528 g/mol. The van der Waals surface area contributed by atoms with Gasteiger partial charge in [-0.1, -0.05) is 12.1 Å². The van der Waals surface area contributed by atoms with Gasteiger partial charge in [0.15, 0.2) is 5.96 Å². The molecule has 0 saturated carbocycles. The Morgan fingerprint density at radius 3 is 2.54 bits per heavy atom. The molecule has 1 aliphatic heterocycles. The lowest BCUT2D eigenvalue weighted by Crippen LogP contribution is -2.54. The lowest BCUT2D eigenvalue weighted by Gasteiger charge is -2.36. The highest BCUT2D eigenvalue weighted by atomic mass is 127. The van der Waals surface area contributed by atoms with E-state index < -0.39 is 10.0 Å². The summed E-state index contributed by atoms with van der Waals surface area (Å²) in [6.07, 6.45) is 1.39. The van der Waals surface area contributed by atoms with Gasteiger partial charge >= 0.3 is 0 Å². The number of guanidine groups is 1. The average Bonchev–Trinajstić information content (AvgIpc) is 3.14. The van der Waals surface area contributed by atoms with Crippen molar-refractivity contribution in [3.8, 4) is 0 Å². The van der Waals surface area contributed by atoms with Crippen LogP contribution in [0.5, 0.6) is 0 Å². The van der Waals surface area contributed by atoms with Crippen LogP contribution in [0.15, 0.2) is 21.8 Å². The van der Waals surface area contributed by atoms with Crippen LogP contribution in [0.25, 0.3) is 0 Å². The first-order chi connectivity index (χ1) is 12.9. The van der Waals surface area contributed by atoms with E-state index in [1.807, 2.05) is 0 Å². The standard InChI is InChI=1S/C17H32N6O3S.HI/c1-5-21(15(2)3)8-7-19-17(18-4)22-9-11-23(12-10-22)27(24,25)14-16-6-13-26-20-16;/h6,13,15H,5,7-12,14H2,1-4H3,(H,18,19);1H. The predicted molar refractivity (Wildman–Crippen MR) is 121 cm³/mol. The topological polar surface area (TPSA) is 94.3 Å². The van der Waals surface area contributed by atoms with E-state index in [4.69, 9.17) is 4.52 Å². The lowest BCUT2D eigenvalue weighted by atomic mass is 10.3. The number of likely N-dealkylation sites (N-methyl/N-ethyl adjacent to an activating group) is 1. The summed E-state index contributed by atoms with van der Waals surface area (Å²) in [4.78, 5) is 8.84. The van der Waals surface area contributed by atoms with Crippen LogP contribution in [-0.2, 0) is 15.8 Å². The summed E-state index contributed by atoms with van der Waals surface area (Å²) >= 11 is 0. The number of piperazine rings is 1. The van der Waals surface area contributed by atoms with Crippen molar-refractivity contribution in [3.63, 3.8) is 0 Å². The van der Waals surface area contributed by atoms with Crippen molar-refractivity contribution in [2.24, 2.45) is 4.99 Å². The van der Waals surface area contributed by atoms with E-state index in [2.05, 4.69) is 46.0 Å². The van der Waals surface area contributed by atoms with Crippen LogP contribution in [0.2, 0.25) is 0 Å². The number of nitrogens with zero attached hydrogens (tertiary/aromatic N) is 5. The van der Waals surface area contributed by atoms with Crippen molar-refractivity contribution in [2.75, 3.05) is 52.9 Å². The van der Waals surface area contributed by atoms with Crippen molar-refractivity contribution in [1.82, 2.24) is 24.6 Å². The molecule has 11 heteroatoms. The fraction of sp³-hybridized carbons (Fsp3) is 0.765. The molecular formula is C17H33IN6O3S. The minimum atomic E-state index is -3.39. The van der Waals surface area contributed by atoms with Gasteiger partial charge in [0.05, 0.1) is 5.69 Å². The summed E-state index contributed by atoms with van der Waals surface area (Å²) in [7, 11) is -1.63. The maximum atomic E-state index is 12.5. The number of aliphatic imine (C=N–C) groups is 1. The molecule has 1 fully saturated rings. The maximum Gasteiger partial charge on any atom is 0.220 e. The number of halogens is 1. The van der Waals surface area contributed by atoms with Gasteiger partial charge in [0.1, 0.15) is 12.0 Å². The average molecular weight is 528 g/mol. The Morgan fingerprint density at radius 2 is 2.04 bits per heavy atom. The Kier molecular flexibility index (Phi) is 10.7. The van der Waals surface area contributed by atoms with Gasteiger partial charge in [0.25, 0.3) is 0 Å². The second-order valence-corrected chi connectivity index (χ2v) is 8.80. The van der Waals surface area contributed by atoms with Crippen LogP contribution in [0.1, 0.15) is 26.5 Å². The Labute approximate surface area is 185 Å². The fourth-order valence-electron chi connectivity index (χ4n) is 3.19. The number of rotatable bonds is 8. The van der Waals surface area contributed by atoms with Crippen molar-refractivity contribution >= 4 is 40.0 Å². The molecule has 0 aliphatic carbocycles. The largest absolute Gasteiger partial charge is 0.364 e. The summed E-state index contributed by atoms with van der Waals surface area (Å²) < 4.78 is 31.3. The van der Waals surface area contributed by atoms with E-state index in [-0.39, 0.29) is 29.7 Å². The molecule has 0 amide bonds. The summed E-state index contributed by atoms with van der Waals surface area (Å²) in [6.45, 7) is 11.4. The van der Waals surface area contributed by atoms with Gasteiger partial charge in [-0.25, -0.2) is 8.42 Å². The molecule has 2 rings (SSSR count). The van der Waals surface area contributed by atoms with Gasteiger partial charge in [-0.2, -0.15) is 4.31 Å². The molecule has 0 aromatic carbocycles. The smallest absolute Gasteiger partial charge is 0.220 e. The third-order valence-electron chi connectivity index (χ3n) is 4.78. The molecule has 9 nitrogen and oxygen atoms in total. The van der Waals surface area contributed by atoms with Crippen LogP contribution < -0.4 is 5.32 Å². The van der Waals surface area contributed by atoms with Crippen LogP contribution in [0, 0.1) is 0 Å². The number of sulfonamides is 1. The van der Waals surface area contributed by atoms with Gasteiger partial charge in [-0.05, 0) is 20.4 Å². The van der Waals surface area contributed by atoms with Crippen LogP contribution >= 0.6 is 24.0 Å². The second-order valence-electron chi connectivity index (χ2n) is 6.83. The zero-order valence-electron chi connectivity index (χ0n) is 17.2. The molecule has 0 radical (unpaired) electrons. The third kappa shape index (κ3) is 7.16. The molecule has 2 heterocycles. The highest BCUT2D eigenvalue weighted by molar-refractivity contribution is 14.0. The summed E-state index contributed by atoms with van der Waals surface area (Å²) in [6, 6.07) is 2.09. The highest BCUT2D eigenvalue weighted by Crippen LogP contribution is 2.12. The van der Waals surface area contributed by atoms with E-state index in [1.54, 1.807) is 13.1 Å². The summed E-state index contributed by atoms with van der Waals surface area (Å²) in [5.41, 5.74) is 0.431. The summed E-state index contributed by atoms with van der Waals surface area (Å²) in [5, 5.41) is 7.09. The number of aromatic nitrogens is 1. The predicted octanol–water partition coefficient (Wildman–Crippen LogP) is 1.05. The van der Waals surface area contributed by atoms with Gasteiger partial charge in [-0.3, -0.25) is 9.89 Å². The van der Waals surface area contributed by atoms with E-state index in [0.29, 0.717) is 37.9 Å². The highest BCUT2D eigenvalue weighted by Gasteiger charge is 2.28.